The molecule has 0 aliphatic heterocycles. The number of pyridine rings is 2. The Morgan fingerprint density at radius 3 is 1.95 bits per heavy atom. The molecule has 0 unspecified atom stereocenters. The maximum Gasteiger partial charge on any atom is 0.132 e. The summed E-state index contributed by atoms with van der Waals surface area (Å²) in [5.41, 5.74) is 4.76. The van der Waals surface area contributed by atoms with Crippen LogP contribution in [0.4, 0.5) is 0 Å². The molecule has 116 valence electrons. The normalized spacial score (nSPS) is 9.38. The zero-order chi connectivity index (χ0) is 16.4. The van der Waals surface area contributed by atoms with E-state index >= 15 is 0 Å². The number of aromatic nitrogens is 2. The molecule has 2 nitrogen and oxygen atoms in total. The molecule has 0 N–H and O–H groups in total. The molecule has 0 aromatic carbocycles. The molecule has 0 aliphatic carbocycles. The van der Waals surface area contributed by atoms with Gasteiger partial charge in [-0.25, -0.2) is 4.98 Å². The van der Waals surface area contributed by atoms with Gasteiger partial charge in [0.1, 0.15) is 5.15 Å². The van der Waals surface area contributed by atoms with Crippen LogP contribution in [0, 0.1) is 20.8 Å². The van der Waals surface area contributed by atoms with Crippen LogP contribution in [-0.2, 0) is 0 Å². The first-order valence-corrected chi connectivity index (χ1v) is 7.80. The topological polar surface area (TPSA) is 25.8 Å². The zero-order valence-corrected chi connectivity index (χ0v) is 15.0. The van der Waals surface area contributed by atoms with Gasteiger partial charge < -0.3 is 0 Å². The highest BCUT2D eigenvalue weighted by Gasteiger charge is 2.05. The SMILES string of the molecule is CC.Cc1c(C(C)C)ccnc1Cl.Cc1cccnc1C. The molecular weight excluding hydrogens is 280 g/mol. The fraction of sp³-hybridized carbons (Fsp3) is 0.444. The summed E-state index contributed by atoms with van der Waals surface area (Å²) in [4.78, 5) is 8.07. The van der Waals surface area contributed by atoms with Gasteiger partial charge in [-0.2, -0.15) is 0 Å². The van der Waals surface area contributed by atoms with E-state index in [1.54, 1.807) is 6.20 Å². The minimum absolute atomic E-state index is 0.524. The van der Waals surface area contributed by atoms with Gasteiger partial charge in [-0.15, -0.1) is 0 Å². The van der Waals surface area contributed by atoms with Crippen LogP contribution in [-0.4, -0.2) is 9.97 Å². The molecule has 2 heterocycles. The second-order valence-corrected chi connectivity index (χ2v) is 5.23. The van der Waals surface area contributed by atoms with Crippen molar-refractivity contribution < 1.29 is 0 Å². The molecule has 0 spiro atoms. The summed E-state index contributed by atoms with van der Waals surface area (Å²) < 4.78 is 0. The van der Waals surface area contributed by atoms with E-state index in [-0.39, 0.29) is 0 Å². The van der Waals surface area contributed by atoms with Gasteiger partial charge in [-0.1, -0.05) is 45.4 Å². The first-order valence-electron chi connectivity index (χ1n) is 7.42. The summed E-state index contributed by atoms with van der Waals surface area (Å²) in [6, 6.07) is 6.02. The lowest BCUT2D eigenvalue weighted by molar-refractivity contribution is 0.852. The van der Waals surface area contributed by atoms with Crippen LogP contribution in [0.2, 0.25) is 5.15 Å². The number of aryl methyl sites for hydroxylation is 2. The Balaban J connectivity index is 0.000000354. The Kier molecular flexibility index (Phi) is 9.64. The Hall–Kier alpha value is -1.41. The van der Waals surface area contributed by atoms with Crippen molar-refractivity contribution in [3.8, 4) is 0 Å². The van der Waals surface area contributed by atoms with Crippen molar-refractivity contribution in [2.75, 3.05) is 0 Å². The van der Waals surface area contributed by atoms with Crippen molar-refractivity contribution in [3.63, 3.8) is 0 Å². The highest BCUT2D eigenvalue weighted by Crippen LogP contribution is 2.22. The second kappa shape index (κ2) is 10.3. The van der Waals surface area contributed by atoms with Gasteiger partial charge in [-0.3, -0.25) is 4.98 Å². The third-order valence-corrected chi connectivity index (χ3v) is 3.46. The lowest BCUT2D eigenvalue weighted by Gasteiger charge is -2.08. The molecule has 2 aromatic rings. The van der Waals surface area contributed by atoms with Crippen molar-refractivity contribution in [3.05, 3.63) is 58.1 Å². The Labute approximate surface area is 134 Å². The fourth-order valence-electron chi connectivity index (χ4n) is 1.71. The third kappa shape index (κ3) is 6.72. The summed E-state index contributed by atoms with van der Waals surface area (Å²) in [6.45, 7) is 14.4. The molecule has 0 bridgehead atoms. The van der Waals surface area contributed by atoms with Gasteiger partial charge in [-0.05, 0) is 55.5 Å². The molecule has 0 aliphatic rings. The average molecular weight is 307 g/mol. The third-order valence-electron chi connectivity index (χ3n) is 3.08. The molecule has 0 saturated carbocycles. The molecule has 2 rings (SSSR count). The Morgan fingerprint density at radius 1 is 0.952 bits per heavy atom. The predicted molar refractivity (Wildman–Crippen MR) is 93.1 cm³/mol. The molecule has 2 aromatic heterocycles. The minimum Gasteiger partial charge on any atom is -0.261 e. The van der Waals surface area contributed by atoms with Crippen LogP contribution in [0.25, 0.3) is 0 Å². The van der Waals surface area contributed by atoms with Gasteiger partial charge in [0, 0.05) is 18.1 Å². The van der Waals surface area contributed by atoms with Crippen LogP contribution < -0.4 is 0 Å². The summed E-state index contributed by atoms with van der Waals surface area (Å²) >= 11 is 5.85. The zero-order valence-electron chi connectivity index (χ0n) is 14.2. The molecule has 0 amide bonds. The van der Waals surface area contributed by atoms with Gasteiger partial charge in [0.05, 0.1) is 0 Å². The summed E-state index contributed by atoms with van der Waals surface area (Å²) in [5.74, 6) is 0.524. The molecule has 3 heteroatoms. The number of hydrogen-bond acceptors (Lipinski definition) is 2. The largest absolute Gasteiger partial charge is 0.261 e. The van der Waals surface area contributed by atoms with E-state index in [4.69, 9.17) is 11.6 Å². The van der Waals surface area contributed by atoms with Crippen molar-refractivity contribution >= 4 is 11.6 Å². The molecule has 0 atom stereocenters. The number of rotatable bonds is 1. The first-order chi connectivity index (χ1) is 9.93. The van der Waals surface area contributed by atoms with E-state index in [0.717, 1.165) is 11.3 Å². The van der Waals surface area contributed by atoms with Crippen LogP contribution >= 0.6 is 11.6 Å². The summed E-state index contributed by atoms with van der Waals surface area (Å²) in [5, 5.41) is 0.621. The Bertz CT molecular complexity index is 515. The Morgan fingerprint density at radius 2 is 1.57 bits per heavy atom. The van der Waals surface area contributed by atoms with E-state index < -0.39 is 0 Å². The van der Waals surface area contributed by atoms with E-state index in [2.05, 4.69) is 36.8 Å². The minimum atomic E-state index is 0.524. The molecule has 0 saturated heterocycles. The number of hydrogen-bond donors (Lipinski definition) is 0. The highest BCUT2D eigenvalue weighted by molar-refractivity contribution is 6.30. The predicted octanol–water partition coefficient (Wildman–Crippen LogP) is 5.89. The fourth-order valence-corrected chi connectivity index (χ4v) is 1.88. The summed E-state index contributed by atoms with van der Waals surface area (Å²) in [7, 11) is 0. The molecule has 0 fully saturated rings. The van der Waals surface area contributed by atoms with Gasteiger partial charge in [0.25, 0.3) is 0 Å². The van der Waals surface area contributed by atoms with Crippen molar-refractivity contribution in [1.29, 1.82) is 0 Å². The van der Waals surface area contributed by atoms with Crippen LogP contribution in [0.3, 0.4) is 0 Å². The van der Waals surface area contributed by atoms with Gasteiger partial charge >= 0.3 is 0 Å². The highest BCUT2D eigenvalue weighted by atomic mass is 35.5. The van der Waals surface area contributed by atoms with Gasteiger partial charge in [0.15, 0.2) is 0 Å². The second-order valence-electron chi connectivity index (χ2n) is 4.88. The summed E-state index contributed by atoms with van der Waals surface area (Å²) in [6.07, 6.45) is 3.56. The molecule has 0 radical (unpaired) electrons. The quantitative estimate of drug-likeness (QED) is 0.614. The number of halogens is 1. The lowest BCUT2D eigenvalue weighted by atomic mass is 10.0. The monoisotopic (exact) mass is 306 g/mol. The molecule has 21 heavy (non-hydrogen) atoms. The van der Waals surface area contributed by atoms with E-state index in [0.29, 0.717) is 11.1 Å². The molecular formula is C18H27ClN2. The van der Waals surface area contributed by atoms with Crippen molar-refractivity contribution in [2.45, 2.75) is 54.4 Å². The van der Waals surface area contributed by atoms with Crippen LogP contribution in [0.15, 0.2) is 30.6 Å². The first kappa shape index (κ1) is 19.6. The lowest BCUT2D eigenvalue weighted by Crippen LogP contribution is -1.93. The van der Waals surface area contributed by atoms with Crippen molar-refractivity contribution in [1.82, 2.24) is 9.97 Å². The van der Waals surface area contributed by atoms with E-state index in [9.17, 15) is 0 Å². The van der Waals surface area contributed by atoms with Crippen molar-refractivity contribution in [2.24, 2.45) is 0 Å². The van der Waals surface area contributed by atoms with Gasteiger partial charge in [0.2, 0.25) is 0 Å². The standard InChI is InChI=1S/C9H12ClN.C7H9N.C2H6/c1-6(2)8-4-5-11-9(10)7(8)3;1-6-4-3-5-8-7(6)2;1-2/h4-6H,1-3H3;3-5H,1-2H3;1-2H3. The maximum absolute atomic E-state index is 5.85. The smallest absolute Gasteiger partial charge is 0.132 e. The maximum atomic E-state index is 5.85. The van der Waals surface area contributed by atoms with Crippen LogP contribution in [0.1, 0.15) is 56.0 Å². The number of nitrogens with zero attached hydrogens (tertiary/aromatic N) is 2. The van der Waals surface area contributed by atoms with Crippen LogP contribution in [0.5, 0.6) is 0 Å². The average Bonchev–Trinajstić information content (AvgIpc) is 2.47. The van der Waals surface area contributed by atoms with E-state index in [1.807, 2.05) is 46.0 Å². The van der Waals surface area contributed by atoms with E-state index in [1.165, 1.54) is 11.1 Å².